The molecule has 0 bridgehead atoms. The number of nitrogens with one attached hydrogen (secondary N) is 2. The van der Waals surface area contributed by atoms with Crippen LogP contribution in [-0.4, -0.2) is 63.9 Å². The van der Waals surface area contributed by atoms with E-state index in [9.17, 15) is 5.11 Å². The molecule has 3 N–H and O–H groups in total. The van der Waals surface area contributed by atoms with Gasteiger partial charge in [-0.2, -0.15) is 15.0 Å². The molecule has 2 fully saturated rings. The summed E-state index contributed by atoms with van der Waals surface area (Å²) in [6.07, 6.45) is 9.18. The Morgan fingerprint density at radius 3 is 2.56 bits per heavy atom. The van der Waals surface area contributed by atoms with Crippen molar-refractivity contribution in [1.82, 2.24) is 19.9 Å². The first-order chi connectivity index (χ1) is 16.4. The summed E-state index contributed by atoms with van der Waals surface area (Å²) >= 11 is 8.08. The second-order valence-corrected chi connectivity index (χ2v) is 10.1. The van der Waals surface area contributed by atoms with E-state index in [1.807, 2.05) is 30.1 Å². The maximum atomic E-state index is 9.75. The number of benzene rings is 1. The van der Waals surface area contributed by atoms with E-state index in [4.69, 9.17) is 24.6 Å². The first-order valence-electron chi connectivity index (χ1n) is 11.9. The molecule has 2 aliphatic rings. The SMILES string of the molecule is CN1CCC(N(C)c2nc(Nc3ccc(O)c(Cl)c3)nc(NC3CCCCCC3)n2)CC1OI. The van der Waals surface area contributed by atoms with Gasteiger partial charge in [0.15, 0.2) is 0 Å². The van der Waals surface area contributed by atoms with Crippen LogP contribution in [0.2, 0.25) is 5.02 Å². The maximum Gasteiger partial charge on any atom is 0.233 e. The van der Waals surface area contributed by atoms with Crippen LogP contribution in [0, 0.1) is 0 Å². The largest absolute Gasteiger partial charge is 0.506 e. The number of phenolic OH excluding ortho intramolecular Hbond substituents is 1. The van der Waals surface area contributed by atoms with Crippen LogP contribution >= 0.6 is 34.6 Å². The number of phenols is 1. The summed E-state index contributed by atoms with van der Waals surface area (Å²) < 4.78 is 5.64. The van der Waals surface area contributed by atoms with Crippen molar-refractivity contribution < 1.29 is 8.17 Å². The molecule has 2 unspecified atom stereocenters. The average molecular weight is 602 g/mol. The molecule has 1 aromatic heterocycles. The van der Waals surface area contributed by atoms with E-state index in [-0.39, 0.29) is 23.0 Å². The first-order valence-corrected chi connectivity index (χ1v) is 13.2. The lowest BCUT2D eigenvalue weighted by Gasteiger charge is -2.39. The van der Waals surface area contributed by atoms with Crippen molar-refractivity contribution >= 4 is 58.1 Å². The molecule has 1 aromatic carbocycles. The summed E-state index contributed by atoms with van der Waals surface area (Å²) in [5, 5.41) is 16.8. The van der Waals surface area contributed by atoms with Gasteiger partial charge < -0.3 is 20.6 Å². The molecular weight excluding hydrogens is 569 g/mol. The van der Waals surface area contributed by atoms with E-state index in [2.05, 4.69) is 32.5 Å². The number of likely N-dealkylation sites (tertiary alicyclic amines) is 1. The van der Waals surface area contributed by atoms with Crippen LogP contribution in [0.15, 0.2) is 18.2 Å². The summed E-state index contributed by atoms with van der Waals surface area (Å²) in [5.41, 5.74) is 0.695. The van der Waals surface area contributed by atoms with E-state index in [0.29, 0.717) is 29.6 Å². The van der Waals surface area contributed by atoms with Crippen LogP contribution in [-0.2, 0) is 3.07 Å². The van der Waals surface area contributed by atoms with E-state index in [1.54, 1.807) is 18.2 Å². The minimum Gasteiger partial charge on any atom is -0.506 e. The molecule has 1 saturated heterocycles. The number of rotatable bonds is 7. The van der Waals surface area contributed by atoms with Crippen molar-refractivity contribution in [2.45, 2.75) is 69.7 Å². The lowest BCUT2D eigenvalue weighted by atomic mass is 10.0. The van der Waals surface area contributed by atoms with Crippen molar-refractivity contribution in [3.8, 4) is 5.75 Å². The smallest absolute Gasteiger partial charge is 0.233 e. The lowest BCUT2D eigenvalue weighted by Crippen LogP contribution is -2.48. The Labute approximate surface area is 220 Å². The molecule has 0 radical (unpaired) electrons. The maximum absolute atomic E-state index is 9.75. The van der Waals surface area contributed by atoms with E-state index in [1.165, 1.54) is 25.7 Å². The minimum absolute atomic E-state index is 0.0355. The highest BCUT2D eigenvalue weighted by atomic mass is 127. The zero-order valence-electron chi connectivity index (χ0n) is 19.7. The Kier molecular flexibility index (Phi) is 8.89. The second kappa shape index (κ2) is 11.9. The van der Waals surface area contributed by atoms with E-state index >= 15 is 0 Å². The lowest BCUT2D eigenvalue weighted by molar-refractivity contribution is 0.0399. The summed E-state index contributed by atoms with van der Waals surface area (Å²) in [6, 6.07) is 5.56. The number of nitrogens with zero attached hydrogens (tertiary/aromatic N) is 5. The normalized spacial score (nSPS) is 22.2. The number of halogens is 2. The van der Waals surface area contributed by atoms with Crippen molar-refractivity contribution in [2.24, 2.45) is 0 Å². The molecule has 0 spiro atoms. The van der Waals surface area contributed by atoms with Gasteiger partial charge in [0.05, 0.1) is 5.02 Å². The van der Waals surface area contributed by atoms with Crippen LogP contribution in [0.25, 0.3) is 0 Å². The molecule has 1 aliphatic carbocycles. The third-order valence-corrected chi connectivity index (χ3v) is 7.65. The van der Waals surface area contributed by atoms with Crippen LogP contribution in [0.5, 0.6) is 5.75 Å². The van der Waals surface area contributed by atoms with Gasteiger partial charge in [-0.25, -0.2) is 0 Å². The summed E-state index contributed by atoms with van der Waals surface area (Å²) in [5.74, 6) is 1.66. The molecule has 2 heterocycles. The van der Waals surface area contributed by atoms with E-state index in [0.717, 1.165) is 32.2 Å². The van der Waals surface area contributed by atoms with E-state index < -0.39 is 0 Å². The van der Waals surface area contributed by atoms with Gasteiger partial charge in [-0.3, -0.25) is 7.97 Å². The molecule has 1 saturated carbocycles. The summed E-state index contributed by atoms with van der Waals surface area (Å²) in [7, 11) is 4.12. The predicted molar refractivity (Wildman–Crippen MR) is 144 cm³/mol. The highest BCUT2D eigenvalue weighted by molar-refractivity contribution is 14.1. The van der Waals surface area contributed by atoms with Crippen molar-refractivity contribution in [3.63, 3.8) is 0 Å². The van der Waals surface area contributed by atoms with Crippen molar-refractivity contribution in [3.05, 3.63) is 23.2 Å². The number of aromatic nitrogens is 3. The number of aromatic hydroxyl groups is 1. The summed E-state index contributed by atoms with van der Waals surface area (Å²) in [4.78, 5) is 18.6. The molecule has 9 nitrogen and oxygen atoms in total. The van der Waals surface area contributed by atoms with Crippen LogP contribution < -0.4 is 15.5 Å². The predicted octanol–water partition coefficient (Wildman–Crippen LogP) is 5.33. The molecule has 34 heavy (non-hydrogen) atoms. The van der Waals surface area contributed by atoms with Crippen LogP contribution in [0.3, 0.4) is 0 Å². The van der Waals surface area contributed by atoms with Gasteiger partial charge in [-0.05, 0) is 44.5 Å². The Balaban J connectivity index is 1.59. The quantitative estimate of drug-likeness (QED) is 0.221. The monoisotopic (exact) mass is 601 g/mol. The zero-order chi connectivity index (χ0) is 24.1. The summed E-state index contributed by atoms with van der Waals surface area (Å²) in [6.45, 7) is 0.943. The Morgan fingerprint density at radius 2 is 1.85 bits per heavy atom. The second-order valence-electron chi connectivity index (χ2n) is 9.22. The topological polar surface area (TPSA) is 98.7 Å². The Morgan fingerprint density at radius 1 is 1.12 bits per heavy atom. The molecule has 186 valence electrons. The van der Waals surface area contributed by atoms with Crippen molar-refractivity contribution in [2.75, 3.05) is 36.2 Å². The molecule has 11 heteroatoms. The Bertz CT molecular complexity index is 961. The highest BCUT2D eigenvalue weighted by Crippen LogP contribution is 2.29. The van der Waals surface area contributed by atoms with Gasteiger partial charge in [0, 0.05) is 37.8 Å². The van der Waals surface area contributed by atoms with Gasteiger partial charge in [0.2, 0.25) is 17.8 Å². The van der Waals surface area contributed by atoms with Gasteiger partial charge in [0.1, 0.15) is 35.0 Å². The van der Waals surface area contributed by atoms with Crippen molar-refractivity contribution in [1.29, 1.82) is 0 Å². The molecule has 2 atom stereocenters. The third kappa shape index (κ3) is 6.52. The molecular formula is C23H33ClIN7O2. The zero-order valence-corrected chi connectivity index (χ0v) is 22.6. The fourth-order valence-electron chi connectivity index (χ4n) is 4.61. The molecule has 1 aliphatic heterocycles. The van der Waals surface area contributed by atoms with Gasteiger partial charge in [-0.1, -0.05) is 37.3 Å². The Hall–Kier alpha value is -1.63. The fourth-order valence-corrected chi connectivity index (χ4v) is 5.39. The van der Waals surface area contributed by atoms with Gasteiger partial charge in [-0.15, -0.1) is 0 Å². The van der Waals surface area contributed by atoms with Crippen LogP contribution in [0.1, 0.15) is 51.4 Å². The number of piperidine rings is 1. The standard InChI is InChI=1S/C23H33ClIN7O2/c1-31-12-11-17(14-20(31)34-25)32(2)23-29-21(26-15-7-5-3-4-6-8-15)28-22(30-23)27-16-9-10-19(33)18(24)13-16/h9-10,13,15,17,20,33H,3-8,11-12,14H2,1-2H3,(H2,26,27,28,29,30). The molecule has 0 amide bonds. The van der Waals surface area contributed by atoms with Crippen LogP contribution in [0.4, 0.5) is 23.5 Å². The third-order valence-electron chi connectivity index (χ3n) is 6.76. The number of hydrogen-bond donors (Lipinski definition) is 3. The number of hydrogen-bond acceptors (Lipinski definition) is 9. The van der Waals surface area contributed by atoms with Gasteiger partial charge >= 0.3 is 0 Å². The fraction of sp³-hybridized carbons (Fsp3) is 0.609. The minimum atomic E-state index is 0.0355. The van der Waals surface area contributed by atoms with Gasteiger partial charge in [0.25, 0.3) is 0 Å². The highest BCUT2D eigenvalue weighted by Gasteiger charge is 2.30. The average Bonchev–Trinajstić information content (AvgIpc) is 3.10. The molecule has 4 rings (SSSR count). The first kappa shape index (κ1) is 25.5. The molecule has 2 aromatic rings. The number of anilines is 4.